The first-order valence-corrected chi connectivity index (χ1v) is 20.8. The van der Waals surface area contributed by atoms with E-state index in [9.17, 15) is 0 Å². The molecule has 0 spiro atoms. The number of rotatable bonds is 6. The quantitative estimate of drug-likeness (QED) is 0.304. The third kappa shape index (κ3) is 5.19. The molecule has 194 valence electrons. The Labute approximate surface area is 237 Å². The predicted octanol–water partition coefficient (Wildman–Crippen LogP) is 8.17. The summed E-state index contributed by atoms with van der Waals surface area (Å²) in [5.74, 6) is 2.91. The molecule has 0 bridgehead atoms. The number of methoxy groups -OCH3 is 3. The zero-order valence-corrected chi connectivity index (χ0v) is 27.8. The molecule has 0 heterocycles. The second-order valence-electron chi connectivity index (χ2n) is 9.53. The summed E-state index contributed by atoms with van der Waals surface area (Å²) < 4.78 is 19.6. The van der Waals surface area contributed by atoms with Crippen molar-refractivity contribution in [2.24, 2.45) is 5.92 Å². The number of hydrogen-bond acceptors (Lipinski definition) is 3. The number of halogens is 2. The van der Waals surface area contributed by atoms with Crippen molar-refractivity contribution in [1.29, 1.82) is 0 Å². The molecule has 7 heteroatoms. The molecule has 2 aliphatic carbocycles. The Bertz CT molecular complexity index is 1260. The van der Waals surface area contributed by atoms with E-state index in [1.165, 1.54) is 22.3 Å². The Kier molecular flexibility index (Phi) is 10.8. The van der Waals surface area contributed by atoms with Gasteiger partial charge in [-0.1, -0.05) is 0 Å². The van der Waals surface area contributed by atoms with Gasteiger partial charge in [0.2, 0.25) is 0 Å². The van der Waals surface area contributed by atoms with Gasteiger partial charge in [0.15, 0.2) is 0 Å². The van der Waals surface area contributed by atoms with Crippen LogP contribution >= 0.6 is 24.8 Å². The summed E-state index contributed by atoms with van der Waals surface area (Å²) in [6.07, 6.45) is 2.57. The van der Waals surface area contributed by atoms with Gasteiger partial charge in [0.25, 0.3) is 0 Å². The Balaban J connectivity index is 0.00000228. The van der Waals surface area contributed by atoms with Crippen molar-refractivity contribution in [2.75, 3.05) is 21.3 Å². The Hall–Kier alpha value is -1.26. The van der Waals surface area contributed by atoms with Gasteiger partial charge in [-0.15, -0.1) is 24.8 Å². The fourth-order valence-corrected chi connectivity index (χ4v) is 25.3. The molecular weight excluding hydrogens is 587 g/mol. The van der Waals surface area contributed by atoms with Crippen LogP contribution in [0.4, 0.5) is 0 Å². The van der Waals surface area contributed by atoms with Crippen LogP contribution in [0.1, 0.15) is 48.0 Å². The molecule has 4 rings (SSSR count). The Morgan fingerprint density at radius 1 is 0.833 bits per heavy atom. The normalized spacial score (nSPS) is 18.2. The molecule has 2 atom stereocenters. The monoisotopic (exact) mass is 622 g/mol. The van der Waals surface area contributed by atoms with Crippen LogP contribution in [0, 0.1) is 5.92 Å². The van der Waals surface area contributed by atoms with E-state index in [0.717, 1.165) is 22.8 Å². The van der Waals surface area contributed by atoms with Gasteiger partial charge in [-0.05, 0) is 0 Å². The summed E-state index contributed by atoms with van der Waals surface area (Å²) in [7, 11) is 5.13. The molecule has 0 saturated heterocycles. The first kappa shape index (κ1) is 31.0. The molecule has 0 aromatic heterocycles. The molecule has 2 aliphatic rings. The standard InChI is InChI=1S/C18H17O3.C9H13.C2H6Si.2ClH.Zr/c1-19-13-10-16(20-2)18(17(11-13)21-3)15-9-8-12-6-4-5-7-14(12)15;1-6-5-7(2)9(4)8(6)3;1-3-2;;;/h4-11H,1-3H3;6H,1-4H3;1-2H3;2*1H;. The van der Waals surface area contributed by atoms with Gasteiger partial charge in [0, 0.05) is 0 Å². The molecular formula is C29H38Cl2O3SiZr. The van der Waals surface area contributed by atoms with Crippen molar-refractivity contribution in [3.8, 4) is 17.2 Å². The van der Waals surface area contributed by atoms with Crippen LogP contribution < -0.4 is 14.2 Å². The zero-order valence-electron chi connectivity index (χ0n) is 22.7. The second kappa shape index (κ2) is 12.5. The van der Waals surface area contributed by atoms with Crippen molar-refractivity contribution in [2.45, 2.75) is 44.4 Å². The van der Waals surface area contributed by atoms with Gasteiger partial charge >= 0.3 is 214 Å². The molecule has 0 fully saturated rings. The number of hydrogen-bond donors (Lipinski definition) is 0. The van der Waals surface area contributed by atoms with Crippen LogP contribution in [0.3, 0.4) is 0 Å². The first-order chi connectivity index (χ1) is 16.2. The van der Waals surface area contributed by atoms with Crippen molar-refractivity contribution in [3.05, 3.63) is 79.2 Å². The van der Waals surface area contributed by atoms with Gasteiger partial charge in [0.05, 0.1) is 0 Å². The molecule has 2 unspecified atom stereocenters. The average molecular weight is 625 g/mol. The molecule has 0 saturated carbocycles. The predicted molar refractivity (Wildman–Crippen MR) is 155 cm³/mol. The Morgan fingerprint density at radius 2 is 1.42 bits per heavy atom. The Morgan fingerprint density at radius 3 is 1.89 bits per heavy atom. The maximum absolute atomic E-state index is 5.87. The summed E-state index contributed by atoms with van der Waals surface area (Å²) in [5, 5.41) is 0. The van der Waals surface area contributed by atoms with E-state index >= 15 is 0 Å². The minimum atomic E-state index is -2.07. The van der Waals surface area contributed by atoms with Gasteiger partial charge in [-0.25, -0.2) is 0 Å². The summed E-state index contributed by atoms with van der Waals surface area (Å²) in [6.45, 7) is 14.6. The number of allylic oxidation sites excluding steroid dienone is 5. The van der Waals surface area contributed by atoms with Crippen LogP contribution in [0.15, 0.2) is 62.5 Å². The smallest absolute Gasteiger partial charge is 0.147 e. The van der Waals surface area contributed by atoms with Crippen LogP contribution in [0.2, 0.25) is 13.1 Å². The van der Waals surface area contributed by atoms with Gasteiger partial charge < -0.3 is 0 Å². The van der Waals surface area contributed by atoms with E-state index in [1.807, 2.05) is 15.4 Å². The van der Waals surface area contributed by atoms with E-state index in [4.69, 9.17) is 14.2 Å². The number of benzene rings is 2. The SMILES string of the molecule is COc1cc(OC)c(C2=C[CH]([Zr]([C]3=C(C)C(C)=C(C)C3C)=[Si](C)C)c3ccccc32)c(OC)c1.Cl.Cl. The van der Waals surface area contributed by atoms with Gasteiger partial charge in [-0.2, -0.15) is 0 Å². The van der Waals surface area contributed by atoms with Crippen LogP contribution in [-0.4, -0.2) is 26.8 Å². The van der Waals surface area contributed by atoms with Crippen LogP contribution in [0.5, 0.6) is 17.2 Å². The molecule has 0 radical (unpaired) electrons. The second-order valence-corrected chi connectivity index (χ2v) is 27.0. The van der Waals surface area contributed by atoms with E-state index < -0.39 is 25.8 Å². The molecule has 36 heavy (non-hydrogen) atoms. The third-order valence-electron chi connectivity index (χ3n) is 7.68. The van der Waals surface area contributed by atoms with E-state index in [2.05, 4.69) is 71.1 Å². The van der Waals surface area contributed by atoms with Crippen molar-refractivity contribution in [3.63, 3.8) is 0 Å². The van der Waals surface area contributed by atoms with Crippen molar-refractivity contribution in [1.82, 2.24) is 0 Å². The molecule has 0 N–H and O–H groups in total. The average Bonchev–Trinajstić information content (AvgIpc) is 3.30. The minimum absolute atomic E-state index is 0. The minimum Gasteiger partial charge on any atom is -0.147 e. The first-order valence-electron chi connectivity index (χ1n) is 11.9. The van der Waals surface area contributed by atoms with Crippen molar-refractivity contribution >= 4 is 35.8 Å². The molecule has 2 aromatic rings. The van der Waals surface area contributed by atoms with Crippen molar-refractivity contribution < 1.29 is 34.6 Å². The largest absolute Gasteiger partial charge is 0.147 e. The van der Waals surface area contributed by atoms with E-state index in [-0.39, 0.29) is 24.8 Å². The fourth-order valence-electron chi connectivity index (χ4n) is 5.63. The molecule has 3 nitrogen and oxygen atoms in total. The summed E-state index contributed by atoms with van der Waals surface area (Å²) >= 11 is -2.07. The van der Waals surface area contributed by atoms with E-state index in [0.29, 0.717) is 9.54 Å². The third-order valence-corrected chi connectivity index (χ3v) is 26.3. The maximum atomic E-state index is 5.87. The summed E-state index contributed by atoms with van der Waals surface area (Å²) in [6, 6.07) is 12.9. The van der Waals surface area contributed by atoms with Crippen LogP contribution in [-0.2, 0) is 20.4 Å². The summed E-state index contributed by atoms with van der Waals surface area (Å²) in [5.41, 5.74) is 9.31. The zero-order chi connectivity index (χ0) is 24.7. The topological polar surface area (TPSA) is 27.7 Å². The number of ether oxygens (including phenoxy) is 3. The molecule has 0 aliphatic heterocycles. The van der Waals surface area contributed by atoms with E-state index in [1.54, 1.807) is 32.5 Å². The fraction of sp³-hybridized carbons (Fsp3) is 0.379. The summed E-state index contributed by atoms with van der Waals surface area (Å²) in [4.78, 5) is 0. The van der Waals surface area contributed by atoms with Gasteiger partial charge in [-0.3, -0.25) is 0 Å². The maximum Gasteiger partial charge on any atom is -0.147 e. The van der Waals surface area contributed by atoms with Crippen LogP contribution in [0.25, 0.3) is 5.57 Å². The molecule has 2 aromatic carbocycles. The molecule has 0 amide bonds. The van der Waals surface area contributed by atoms with Gasteiger partial charge in [0.1, 0.15) is 0 Å². The number of fused-ring (bicyclic) bond motifs is 1.